The molecule has 2 aromatic rings. The van der Waals surface area contributed by atoms with Gasteiger partial charge in [0.2, 0.25) is 0 Å². The summed E-state index contributed by atoms with van der Waals surface area (Å²) < 4.78 is 24.3. The molecule has 8 heteroatoms. The minimum Gasteiger partial charge on any atom is -0.386 e. The van der Waals surface area contributed by atoms with Gasteiger partial charge in [-0.05, 0) is 37.3 Å². The highest BCUT2D eigenvalue weighted by Gasteiger charge is 2.45. The van der Waals surface area contributed by atoms with E-state index in [0.29, 0.717) is 25.6 Å². The van der Waals surface area contributed by atoms with Gasteiger partial charge in [0, 0.05) is 40.9 Å². The summed E-state index contributed by atoms with van der Waals surface area (Å²) in [5.41, 5.74) is -0.208. The predicted octanol–water partition coefficient (Wildman–Crippen LogP) is 2.31. The van der Waals surface area contributed by atoms with Crippen molar-refractivity contribution in [2.24, 2.45) is 10.4 Å². The first-order valence-corrected chi connectivity index (χ1v) is 12.0. The molecule has 148 valence electrons. The van der Waals surface area contributed by atoms with Crippen molar-refractivity contribution in [3.8, 4) is 0 Å². The number of hydrogen-bond acceptors (Lipinski definition) is 5. The number of benzene rings is 1. The van der Waals surface area contributed by atoms with Crippen LogP contribution in [0.25, 0.3) is 10.1 Å². The summed E-state index contributed by atoms with van der Waals surface area (Å²) >= 11 is 1.59. The molecule has 1 aromatic heterocycles. The fraction of sp³-hybridized carbons (Fsp3) is 0.526. The lowest BCUT2D eigenvalue weighted by molar-refractivity contribution is 0.184. The van der Waals surface area contributed by atoms with Gasteiger partial charge in [0.05, 0.1) is 5.75 Å². The molecule has 0 radical (unpaired) electrons. The number of hydrogen-bond donors (Lipinski definition) is 3. The number of rotatable bonds is 8. The number of nitrogens with zero attached hydrogens (tertiary/aromatic N) is 1. The average Bonchev–Trinajstić information content (AvgIpc) is 3.20. The molecule has 1 aliphatic rings. The highest BCUT2D eigenvalue weighted by atomic mass is 32.2. The molecular formula is C19H27N3O3S2. The fourth-order valence-electron chi connectivity index (χ4n) is 3.13. The Balaban J connectivity index is 1.60. The van der Waals surface area contributed by atoms with E-state index in [1.165, 1.54) is 6.26 Å². The average molecular weight is 410 g/mol. The largest absolute Gasteiger partial charge is 0.386 e. The SMILES string of the molecule is CCNC(=NCC1(CS(C)(=O)=O)CC1)NCC(O)c1cc2ccccc2s1. The lowest BCUT2D eigenvalue weighted by Gasteiger charge is -2.16. The van der Waals surface area contributed by atoms with Crippen LogP contribution < -0.4 is 10.6 Å². The van der Waals surface area contributed by atoms with Gasteiger partial charge in [-0.3, -0.25) is 4.99 Å². The van der Waals surface area contributed by atoms with Gasteiger partial charge in [-0.1, -0.05) is 18.2 Å². The van der Waals surface area contributed by atoms with Gasteiger partial charge in [-0.15, -0.1) is 11.3 Å². The maximum atomic E-state index is 11.6. The number of aliphatic hydroxyl groups is 1. The maximum Gasteiger partial charge on any atom is 0.191 e. The van der Waals surface area contributed by atoms with Gasteiger partial charge in [-0.2, -0.15) is 0 Å². The summed E-state index contributed by atoms with van der Waals surface area (Å²) in [5.74, 6) is 0.797. The maximum absolute atomic E-state index is 11.6. The molecule has 1 aromatic carbocycles. The summed E-state index contributed by atoms with van der Waals surface area (Å²) in [5, 5.41) is 18.0. The minimum absolute atomic E-state index is 0.188. The Morgan fingerprint density at radius 3 is 2.70 bits per heavy atom. The van der Waals surface area contributed by atoms with Crippen molar-refractivity contribution in [3.63, 3.8) is 0 Å². The molecule has 0 spiro atoms. The number of aliphatic imine (C=N–C) groups is 1. The first-order chi connectivity index (χ1) is 12.8. The third-order valence-electron chi connectivity index (χ3n) is 4.68. The summed E-state index contributed by atoms with van der Waals surface area (Å²) in [4.78, 5) is 5.47. The quantitative estimate of drug-likeness (QED) is 0.460. The van der Waals surface area contributed by atoms with Gasteiger partial charge in [-0.25, -0.2) is 8.42 Å². The Labute approximate surface area is 164 Å². The Morgan fingerprint density at radius 2 is 2.07 bits per heavy atom. The Bertz CT molecular complexity index is 884. The zero-order valence-electron chi connectivity index (χ0n) is 15.7. The van der Waals surface area contributed by atoms with Crippen LogP contribution in [0, 0.1) is 5.41 Å². The third-order valence-corrected chi connectivity index (χ3v) is 7.03. The Hall–Kier alpha value is -1.64. The Kier molecular flexibility index (Phi) is 6.08. The van der Waals surface area contributed by atoms with E-state index in [0.717, 1.165) is 27.8 Å². The number of sulfone groups is 1. The first-order valence-electron chi connectivity index (χ1n) is 9.17. The number of fused-ring (bicyclic) bond motifs is 1. The summed E-state index contributed by atoms with van der Waals surface area (Å²) in [7, 11) is -3.00. The van der Waals surface area contributed by atoms with Crippen molar-refractivity contribution in [1.29, 1.82) is 0 Å². The molecule has 0 saturated heterocycles. The van der Waals surface area contributed by atoms with Crippen molar-refractivity contribution in [3.05, 3.63) is 35.2 Å². The molecule has 1 saturated carbocycles. The molecule has 1 aliphatic carbocycles. The molecule has 0 bridgehead atoms. The minimum atomic E-state index is -3.00. The van der Waals surface area contributed by atoms with E-state index in [9.17, 15) is 13.5 Å². The van der Waals surface area contributed by atoms with E-state index < -0.39 is 15.9 Å². The molecule has 1 fully saturated rings. The molecule has 3 rings (SSSR count). The van der Waals surface area contributed by atoms with Gasteiger partial charge in [0.15, 0.2) is 5.96 Å². The van der Waals surface area contributed by atoms with Gasteiger partial charge >= 0.3 is 0 Å². The normalized spacial score (nSPS) is 17.7. The molecule has 0 aliphatic heterocycles. The highest BCUT2D eigenvalue weighted by Crippen LogP contribution is 2.46. The van der Waals surface area contributed by atoms with Gasteiger partial charge in [0.25, 0.3) is 0 Å². The highest BCUT2D eigenvalue weighted by molar-refractivity contribution is 7.90. The monoisotopic (exact) mass is 409 g/mol. The van der Waals surface area contributed by atoms with Crippen LogP contribution in [-0.4, -0.2) is 51.1 Å². The summed E-state index contributed by atoms with van der Waals surface area (Å²) in [6.45, 7) is 3.50. The number of aliphatic hydroxyl groups excluding tert-OH is 1. The van der Waals surface area contributed by atoms with E-state index >= 15 is 0 Å². The van der Waals surface area contributed by atoms with Crippen LogP contribution in [0.4, 0.5) is 0 Å². The number of guanidine groups is 1. The van der Waals surface area contributed by atoms with E-state index in [2.05, 4.69) is 15.6 Å². The van der Waals surface area contributed by atoms with Crippen molar-refractivity contribution in [2.45, 2.75) is 25.9 Å². The third kappa shape index (κ3) is 5.67. The second-order valence-corrected chi connectivity index (χ2v) is 10.6. The van der Waals surface area contributed by atoms with Crippen LogP contribution in [0.3, 0.4) is 0 Å². The standard InChI is InChI=1S/C19H27N3O3S2/c1-3-20-18(22-12-19(8-9-19)13-27(2,24)25)21-11-15(23)17-10-14-6-4-5-7-16(14)26-17/h4-7,10,15,23H,3,8-9,11-13H2,1-2H3,(H2,20,21,22). The second kappa shape index (κ2) is 8.16. The molecular weight excluding hydrogens is 382 g/mol. The van der Waals surface area contributed by atoms with E-state index in [1.54, 1.807) is 11.3 Å². The number of thiophene rings is 1. The van der Waals surface area contributed by atoms with E-state index in [4.69, 9.17) is 0 Å². The smallest absolute Gasteiger partial charge is 0.191 e. The summed E-state index contributed by atoms with van der Waals surface area (Å²) in [6, 6.07) is 10.1. The van der Waals surface area contributed by atoms with Crippen molar-refractivity contribution >= 4 is 37.2 Å². The molecule has 27 heavy (non-hydrogen) atoms. The Morgan fingerprint density at radius 1 is 1.33 bits per heavy atom. The summed E-state index contributed by atoms with van der Waals surface area (Å²) in [6.07, 6.45) is 2.44. The molecule has 6 nitrogen and oxygen atoms in total. The molecule has 0 amide bonds. The topological polar surface area (TPSA) is 90.8 Å². The zero-order valence-corrected chi connectivity index (χ0v) is 17.4. The molecule has 3 N–H and O–H groups in total. The lowest BCUT2D eigenvalue weighted by Crippen LogP contribution is -2.40. The zero-order chi connectivity index (χ0) is 19.5. The lowest BCUT2D eigenvalue weighted by atomic mass is 10.1. The van der Waals surface area contributed by atoms with Crippen LogP contribution >= 0.6 is 11.3 Å². The van der Waals surface area contributed by atoms with Crippen molar-refractivity contribution < 1.29 is 13.5 Å². The fourth-order valence-corrected chi connectivity index (χ4v) is 5.67. The van der Waals surface area contributed by atoms with E-state index in [-0.39, 0.29) is 11.2 Å². The van der Waals surface area contributed by atoms with Crippen LogP contribution in [-0.2, 0) is 9.84 Å². The van der Waals surface area contributed by atoms with Crippen LogP contribution in [0.15, 0.2) is 35.3 Å². The van der Waals surface area contributed by atoms with Crippen LogP contribution in [0.1, 0.15) is 30.7 Å². The van der Waals surface area contributed by atoms with E-state index in [1.807, 2.05) is 37.3 Å². The van der Waals surface area contributed by atoms with Gasteiger partial charge in [0.1, 0.15) is 15.9 Å². The molecule has 1 heterocycles. The van der Waals surface area contributed by atoms with Gasteiger partial charge < -0.3 is 15.7 Å². The molecule has 1 atom stereocenters. The van der Waals surface area contributed by atoms with Crippen molar-refractivity contribution in [1.82, 2.24) is 10.6 Å². The van der Waals surface area contributed by atoms with Crippen molar-refractivity contribution in [2.75, 3.05) is 31.6 Å². The second-order valence-electron chi connectivity index (χ2n) is 7.35. The van der Waals surface area contributed by atoms with Crippen LogP contribution in [0.5, 0.6) is 0 Å². The van der Waals surface area contributed by atoms with Crippen LogP contribution in [0.2, 0.25) is 0 Å². The predicted molar refractivity (Wildman–Crippen MR) is 112 cm³/mol. The molecule has 1 unspecified atom stereocenters. The first kappa shape index (κ1) is 20.1. The number of nitrogens with one attached hydrogen (secondary N) is 2.